The van der Waals surface area contributed by atoms with E-state index in [4.69, 9.17) is 10.1 Å². The van der Waals surface area contributed by atoms with Crippen molar-refractivity contribution in [3.05, 3.63) is 86.6 Å². The molecule has 0 unspecified atom stereocenters. The summed E-state index contributed by atoms with van der Waals surface area (Å²) in [6, 6.07) is 14.0. The van der Waals surface area contributed by atoms with Crippen molar-refractivity contribution in [2.24, 2.45) is 12.2 Å². The molecule has 0 atom stereocenters. The number of halogens is 1. The van der Waals surface area contributed by atoms with Crippen molar-refractivity contribution in [1.82, 2.24) is 19.1 Å². The number of aromatic amines is 1. The maximum Gasteiger partial charge on any atom is 0.274 e. The maximum absolute atomic E-state index is 12.6. The van der Waals surface area contributed by atoms with Crippen LogP contribution in [0, 0.1) is 6.92 Å². The number of fused-ring (bicyclic) bond motifs is 2. The average Bonchev–Trinajstić information content (AvgIpc) is 3.41. The number of rotatable bonds is 6. The molecule has 35 heavy (non-hydrogen) atoms. The minimum atomic E-state index is -3.65. The summed E-state index contributed by atoms with van der Waals surface area (Å²) in [5.41, 5.74) is 5.71. The summed E-state index contributed by atoms with van der Waals surface area (Å²) in [4.78, 5) is 20.4. The van der Waals surface area contributed by atoms with Gasteiger partial charge in [-0.1, -0.05) is 28.1 Å². The van der Waals surface area contributed by atoms with Crippen LogP contribution in [0.5, 0.6) is 0 Å². The quantitative estimate of drug-likeness (QED) is 0.332. The van der Waals surface area contributed by atoms with Crippen molar-refractivity contribution in [3.63, 3.8) is 0 Å². The highest BCUT2D eigenvalue weighted by Gasteiger charge is 2.18. The van der Waals surface area contributed by atoms with Gasteiger partial charge in [0.05, 0.1) is 16.8 Å². The molecule has 0 amide bonds. The molecule has 2 aromatic carbocycles. The van der Waals surface area contributed by atoms with E-state index < -0.39 is 10.0 Å². The lowest BCUT2D eigenvalue weighted by Crippen LogP contribution is -2.18. The lowest BCUT2D eigenvalue weighted by molar-refractivity contribution is 0.597. The third-order valence-electron chi connectivity index (χ3n) is 6.24. The maximum atomic E-state index is 12.6. The van der Waals surface area contributed by atoms with Gasteiger partial charge in [-0.2, -0.15) is 0 Å². The van der Waals surface area contributed by atoms with E-state index in [0.717, 1.165) is 49.0 Å². The minimum Gasteiger partial charge on any atom is -0.357 e. The largest absolute Gasteiger partial charge is 0.357 e. The number of aryl methyl sites for hydroxylation is 3. The van der Waals surface area contributed by atoms with Gasteiger partial charge in [0.1, 0.15) is 11.3 Å². The Morgan fingerprint density at radius 1 is 1.14 bits per heavy atom. The number of imidazole rings is 1. The summed E-state index contributed by atoms with van der Waals surface area (Å²) < 4.78 is 28.2. The molecule has 0 radical (unpaired) electrons. The number of hydrogen-bond acceptors (Lipinski definition) is 4. The van der Waals surface area contributed by atoms with Crippen molar-refractivity contribution in [3.8, 4) is 11.1 Å². The van der Waals surface area contributed by atoms with Crippen LogP contribution in [0.1, 0.15) is 17.0 Å². The van der Waals surface area contributed by atoms with Gasteiger partial charge in [0, 0.05) is 41.4 Å². The van der Waals surface area contributed by atoms with E-state index in [0.29, 0.717) is 12.1 Å². The average molecular weight is 554 g/mol. The topological polar surface area (TPSA) is 116 Å². The number of primary sulfonamides is 1. The molecule has 5 aromatic rings. The molecule has 0 fully saturated rings. The Morgan fingerprint density at radius 2 is 1.89 bits per heavy atom. The van der Waals surface area contributed by atoms with E-state index in [1.165, 1.54) is 0 Å². The number of aromatic nitrogens is 4. The van der Waals surface area contributed by atoms with Gasteiger partial charge in [0.25, 0.3) is 5.56 Å². The third kappa shape index (κ3) is 4.56. The second kappa shape index (κ2) is 8.78. The molecule has 0 aliphatic heterocycles. The highest BCUT2D eigenvalue weighted by Crippen LogP contribution is 2.32. The summed E-state index contributed by atoms with van der Waals surface area (Å²) in [6.45, 7) is 2.55. The van der Waals surface area contributed by atoms with Crippen LogP contribution in [0.3, 0.4) is 0 Å². The predicted molar refractivity (Wildman–Crippen MR) is 142 cm³/mol. The van der Waals surface area contributed by atoms with Crippen LogP contribution >= 0.6 is 15.9 Å². The molecule has 0 aliphatic carbocycles. The van der Waals surface area contributed by atoms with E-state index in [-0.39, 0.29) is 17.7 Å². The second-order valence-corrected chi connectivity index (χ2v) is 11.4. The zero-order chi connectivity index (χ0) is 24.9. The molecule has 0 spiro atoms. The standard InChI is InChI=1S/C25H24BrN5O3S/c1-15-29-23-17(8-10-35(27,33)34)11-18(21-14-30(2)25(32)24-20(21)7-9-28-24)12-22(23)31(15)13-16-3-5-19(26)6-4-16/h3-7,9,11-12,14,28H,8,10,13H2,1-2H3,(H2,27,33,34). The van der Waals surface area contributed by atoms with Crippen LogP contribution in [0.25, 0.3) is 33.1 Å². The Bertz CT molecular complexity index is 1750. The molecule has 5 rings (SSSR count). The summed E-state index contributed by atoms with van der Waals surface area (Å²) in [7, 11) is -1.94. The Balaban J connectivity index is 1.74. The first kappa shape index (κ1) is 23.5. The van der Waals surface area contributed by atoms with Crippen LogP contribution < -0.4 is 10.7 Å². The Kier molecular flexibility index (Phi) is 5.90. The molecule has 10 heteroatoms. The normalized spacial score (nSPS) is 12.1. The fraction of sp³-hybridized carbons (Fsp3) is 0.200. The number of H-pyrrole nitrogens is 1. The first-order valence-corrected chi connectivity index (χ1v) is 13.5. The Labute approximate surface area is 210 Å². The van der Waals surface area contributed by atoms with E-state index in [1.54, 1.807) is 17.8 Å². The van der Waals surface area contributed by atoms with E-state index >= 15 is 0 Å². The van der Waals surface area contributed by atoms with Crippen molar-refractivity contribution in [2.75, 3.05) is 5.75 Å². The number of benzene rings is 2. The van der Waals surface area contributed by atoms with Crippen LogP contribution in [0.15, 0.2) is 64.1 Å². The molecule has 0 saturated carbocycles. The summed E-state index contributed by atoms with van der Waals surface area (Å²) in [6.07, 6.45) is 3.79. The molecule has 180 valence electrons. The van der Waals surface area contributed by atoms with Crippen molar-refractivity contribution in [2.45, 2.75) is 19.9 Å². The van der Waals surface area contributed by atoms with Gasteiger partial charge in [0.15, 0.2) is 0 Å². The molecular weight excluding hydrogens is 530 g/mol. The minimum absolute atomic E-state index is 0.111. The first-order chi connectivity index (χ1) is 16.6. The van der Waals surface area contributed by atoms with Crippen molar-refractivity contribution < 1.29 is 8.42 Å². The fourth-order valence-corrected chi connectivity index (χ4v) is 5.25. The lowest BCUT2D eigenvalue weighted by Gasteiger charge is -2.12. The van der Waals surface area contributed by atoms with E-state index in [2.05, 4.69) is 43.7 Å². The van der Waals surface area contributed by atoms with Gasteiger partial charge in [-0.3, -0.25) is 4.79 Å². The van der Waals surface area contributed by atoms with Crippen LogP contribution in [0.2, 0.25) is 0 Å². The highest BCUT2D eigenvalue weighted by atomic mass is 79.9. The first-order valence-electron chi connectivity index (χ1n) is 11.0. The van der Waals surface area contributed by atoms with Crippen LogP contribution in [-0.4, -0.2) is 33.3 Å². The van der Waals surface area contributed by atoms with Gasteiger partial charge in [-0.05, 0) is 60.4 Å². The second-order valence-electron chi connectivity index (χ2n) is 8.72. The van der Waals surface area contributed by atoms with Gasteiger partial charge in [-0.15, -0.1) is 0 Å². The highest BCUT2D eigenvalue weighted by molar-refractivity contribution is 9.10. The van der Waals surface area contributed by atoms with Crippen LogP contribution in [0.4, 0.5) is 0 Å². The Morgan fingerprint density at radius 3 is 2.60 bits per heavy atom. The molecule has 3 N–H and O–H groups in total. The van der Waals surface area contributed by atoms with Crippen molar-refractivity contribution in [1.29, 1.82) is 0 Å². The number of nitrogens with two attached hydrogens (primary N) is 1. The number of nitrogens with zero attached hydrogens (tertiary/aromatic N) is 3. The van der Waals surface area contributed by atoms with Crippen molar-refractivity contribution >= 4 is 47.9 Å². The van der Waals surface area contributed by atoms with Gasteiger partial charge in [0.2, 0.25) is 10.0 Å². The molecule has 0 aliphatic rings. The number of hydrogen-bond donors (Lipinski definition) is 2. The van der Waals surface area contributed by atoms with Crippen LogP contribution in [-0.2, 0) is 30.0 Å². The van der Waals surface area contributed by atoms with Gasteiger partial charge >= 0.3 is 0 Å². The molecule has 8 nitrogen and oxygen atoms in total. The molecule has 0 saturated heterocycles. The number of sulfonamides is 1. The zero-order valence-corrected chi connectivity index (χ0v) is 21.6. The lowest BCUT2D eigenvalue weighted by atomic mass is 9.99. The zero-order valence-electron chi connectivity index (χ0n) is 19.2. The Hall–Kier alpha value is -3.21. The smallest absolute Gasteiger partial charge is 0.274 e. The SMILES string of the molecule is Cc1nc2c(CCS(N)(=O)=O)cc(-c3cn(C)c(=O)c4[nH]ccc34)cc2n1Cc1ccc(Br)cc1. The number of nitrogens with one attached hydrogen (secondary N) is 1. The molecule has 0 bridgehead atoms. The van der Waals surface area contributed by atoms with E-state index in [1.807, 2.05) is 37.4 Å². The summed E-state index contributed by atoms with van der Waals surface area (Å²) >= 11 is 3.48. The van der Waals surface area contributed by atoms with Gasteiger partial charge < -0.3 is 14.1 Å². The fourth-order valence-electron chi connectivity index (χ4n) is 4.48. The van der Waals surface area contributed by atoms with Gasteiger partial charge in [-0.25, -0.2) is 18.5 Å². The molecule has 3 aromatic heterocycles. The van der Waals surface area contributed by atoms with E-state index in [9.17, 15) is 13.2 Å². The molecular formula is C25H24BrN5O3S. The summed E-state index contributed by atoms with van der Waals surface area (Å²) in [5.74, 6) is 0.640. The predicted octanol–water partition coefficient (Wildman–Crippen LogP) is 3.83. The monoisotopic (exact) mass is 553 g/mol. The summed E-state index contributed by atoms with van der Waals surface area (Å²) in [5, 5.41) is 6.13. The number of pyridine rings is 1. The molecule has 3 heterocycles. The third-order valence-corrected chi connectivity index (χ3v) is 7.54.